The maximum absolute atomic E-state index is 13.9. The van der Waals surface area contributed by atoms with Crippen LogP contribution in [-0.2, 0) is 4.74 Å². The van der Waals surface area contributed by atoms with Gasteiger partial charge in [-0.1, -0.05) is 19.9 Å². The summed E-state index contributed by atoms with van der Waals surface area (Å²) < 4.78 is 32.8. The number of nitrogens with one attached hydrogen (secondary N) is 1. The zero-order chi connectivity index (χ0) is 14.3. The van der Waals surface area contributed by atoms with Gasteiger partial charge in [0.15, 0.2) is 0 Å². The summed E-state index contributed by atoms with van der Waals surface area (Å²) in [4.78, 5) is 0. The van der Waals surface area contributed by atoms with E-state index in [-0.39, 0.29) is 17.5 Å². The topological polar surface area (TPSA) is 21.3 Å². The first-order chi connectivity index (χ1) is 9.11. The Kier molecular flexibility index (Phi) is 6.95. The molecule has 0 amide bonds. The van der Waals surface area contributed by atoms with Crippen LogP contribution in [0.2, 0.25) is 0 Å². The molecule has 0 saturated carbocycles. The van der Waals surface area contributed by atoms with Crippen LogP contribution in [0.1, 0.15) is 38.3 Å². The van der Waals surface area contributed by atoms with Crippen LogP contribution in [0.25, 0.3) is 0 Å². The van der Waals surface area contributed by atoms with E-state index in [1.54, 1.807) is 7.11 Å². The van der Waals surface area contributed by atoms with E-state index >= 15 is 0 Å². The Morgan fingerprint density at radius 1 is 1.26 bits per heavy atom. The van der Waals surface area contributed by atoms with Crippen molar-refractivity contribution in [3.05, 3.63) is 35.4 Å². The van der Waals surface area contributed by atoms with Gasteiger partial charge in [-0.2, -0.15) is 0 Å². The van der Waals surface area contributed by atoms with Crippen LogP contribution >= 0.6 is 0 Å². The Bertz CT molecular complexity index is 364. The van der Waals surface area contributed by atoms with E-state index in [0.29, 0.717) is 6.61 Å². The number of ether oxygens (including phenoxy) is 1. The van der Waals surface area contributed by atoms with Crippen LogP contribution < -0.4 is 5.32 Å². The molecule has 0 spiro atoms. The molecular formula is C15H23F2NO. The monoisotopic (exact) mass is 271 g/mol. The first kappa shape index (κ1) is 16.1. The number of rotatable bonds is 8. The molecular weight excluding hydrogens is 248 g/mol. The van der Waals surface area contributed by atoms with Gasteiger partial charge in [0, 0.05) is 25.3 Å². The van der Waals surface area contributed by atoms with Crippen LogP contribution in [0.4, 0.5) is 8.78 Å². The Morgan fingerprint density at radius 2 is 1.89 bits per heavy atom. The summed E-state index contributed by atoms with van der Waals surface area (Å²) in [6.07, 6.45) is 1.68. The van der Waals surface area contributed by atoms with Gasteiger partial charge in [-0.25, -0.2) is 8.78 Å². The Hall–Kier alpha value is -1.00. The molecule has 0 heterocycles. The molecule has 2 nitrogen and oxygen atoms in total. The molecule has 1 aromatic rings. The third-order valence-electron chi connectivity index (χ3n) is 3.27. The van der Waals surface area contributed by atoms with Crippen molar-refractivity contribution >= 4 is 0 Å². The predicted octanol–water partition coefficient (Wildman–Crippen LogP) is 3.68. The minimum absolute atomic E-state index is 0.0953. The first-order valence-electron chi connectivity index (χ1n) is 6.78. The van der Waals surface area contributed by atoms with Crippen molar-refractivity contribution in [2.24, 2.45) is 5.92 Å². The highest BCUT2D eigenvalue weighted by atomic mass is 19.1. The minimum atomic E-state index is -0.488. The summed E-state index contributed by atoms with van der Waals surface area (Å²) in [5.74, 6) is -0.881. The van der Waals surface area contributed by atoms with Crippen molar-refractivity contribution in [2.75, 3.05) is 20.3 Å². The summed E-state index contributed by atoms with van der Waals surface area (Å²) >= 11 is 0. The fourth-order valence-electron chi connectivity index (χ4n) is 2.17. The lowest BCUT2D eigenvalue weighted by Gasteiger charge is -2.26. The van der Waals surface area contributed by atoms with E-state index < -0.39 is 11.6 Å². The van der Waals surface area contributed by atoms with E-state index in [9.17, 15) is 8.78 Å². The number of hydrogen-bond acceptors (Lipinski definition) is 2. The number of hydrogen-bond donors (Lipinski definition) is 1. The summed E-state index contributed by atoms with van der Waals surface area (Å²) in [5, 5.41) is 3.24. The zero-order valence-corrected chi connectivity index (χ0v) is 11.9. The summed E-state index contributed by atoms with van der Waals surface area (Å²) in [6, 6.07) is 3.69. The zero-order valence-electron chi connectivity index (χ0n) is 11.9. The fraction of sp³-hybridized carbons (Fsp3) is 0.600. The van der Waals surface area contributed by atoms with E-state index in [1.165, 1.54) is 18.2 Å². The molecule has 0 fully saturated rings. The highest BCUT2D eigenvalue weighted by Gasteiger charge is 2.24. The van der Waals surface area contributed by atoms with E-state index in [4.69, 9.17) is 4.74 Å². The second-order valence-electron chi connectivity index (χ2n) is 4.83. The number of benzene rings is 1. The summed E-state index contributed by atoms with van der Waals surface area (Å²) in [7, 11) is 1.63. The van der Waals surface area contributed by atoms with Crippen molar-refractivity contribution in [1.29, 1.82) is 0 Å². The third kappa shape index (κ3) is 4.55. The van der Waals surface area contributed by atoms with E-state index in [1.807, 2.05) is 13.8 Å². The third-order valence-corrected chi connectivity index (χ3v) is 3.27. The van der Waals surface area contributed by atoms with Gasteiger partial charge in [0.2, 0.25) is 0 Å². The maximum atomic E-state index is 13.9. The Balaban J connectivity index is 2.95. The molecule has 0 bridgehead atoms. The molecule has 2 unspecified atom stereocenters. The molecule has 0 aliphatic rings. The molecule has 0 aliphatic heterocycles. The lowest BCUT2D eigenvalue weighted by atomic mass is 9.91. The van der Waals surface area contributed by atoms with Crippen LogP contribution in [-0.4, -0.2) is 20.3 Å². The quantitative estimate of drug-likeness (QED) is 0.778. The highest BCUT2D eigenvalue weighted by molar-refractivity contribution is 5.24. The molecule has 4 heteroatoms. The van der Waals surface area contributed by atoms with Gasteiger partial charge in [-0.3, -0.25) is 0 Å². The highest BCUT2D eigenvalue weighted by Crippen LogP contribution is 2.28. The molecule has 0 aliphatic carbocycles. The molecule has 0 radical (unpaired) electrons. The summed E-state index contributed by atoms with van der Waals surface area (Å²) in [5.41, 5.74) is 0.138. The minimum Gasteiger partial charge on any atom is -0.385 e. The van der Waals surface area contributed by atoms with Gasteiger partial charge < -0.3 is 10.1 Å². The largest absolute Gasteiger partial charge is 0.385 e. The van der Waals surface area contributed by atoms with Gasteiger partial charge in [-0.05, 0) is 37.4 Å². The molecule has 1 rings (SSSR count). The van der Waals surface area contributed by atoms with Gasteiger partial charge >= 0.3 is 0 Å². The van der Waals surface area contributed by atoms with Crippen LogP contribution in [0.15, 0.2) is 18.2 Å². The fourth-order valence-corrected chi connectivity index (χ4v) is 2.17. The van der Waals surface area contributed by atoms with Crippen molar-refractivity contribution in [2.45, 2.75) is 32.7 Å². The number of methoxy groups -OCH3 is 1. The average molecular weight is 271 g/mol. The van der Waals surface area contributed by atoms with Crippen LogP contribution in [0.5, 0.6) is 0 Å². The summed E-state index contributed by atoms with van der Waals surface area (Å²) in [6.45, 7) is 5.33. The SMILES string of the molecule is CCCNC(c1c(F)cccc1F)C(C)CCOC. The molecule has 1 aromatic carbocycles. The standard InChI is InChI=1S/C15H23F2NO/c1-4-9-18-15(11(2)8-10-19-3)14-12(16)6-5-7-13(14)17/h5-7,11,15,18H,4,8-10H2,1-3H3. The van der Waals surface area contributed by atoms with Crippen molar-refractivity contribution in [3.8, 4) is 0 Å². The molecule has 108 valence electrons. The molecule has 0 saturated heterocycles. The molecule has 2 atom stereocenters. The van der Waals surface area contributed by atoms with Gasteiger partial charge in [0.1, 0.15) is 11.6 Å². The van der Waals surface area contributed by atoms with Crippen LogP contribution in [0, 0.1) is 17.6 Å². The Morgan fingerprint density at radius 3 is 2.42 bits per heavy atom. The second-order valence-corrected chi connectivity index (χ2v) is 4.83. The first-order valence-corrected chi connectivity index (χ1v) is 6.78. The van der Waals surface area contributed by atoms with Gasteiger partial charge in [0.05, 0.1) is 0 Å². The molecule has 0 aromatic heterocycles. The van der Waals surface area contributed by atoms with E-state index in [2.05, 4.69) is 5.32 Å². The molecule has 19 heavy (non-hydrogen) atoms. The molecule has 1 N–H and O–H groups in total. The van der Waals surface area contributed by atoms with Gasteiger partial charge in [-0.15, -0.1) is 0 Å². The van der Waals surface area contributed by atoms with E-state index in [0.717, 1.165) is 19.4 Å². The number of halogens is 2. The maximum Gasteiger partial charge on any atom is 0.130 e. The van der Waals surface area contributed by atoms with Crippen molar-refractivity contribution in [1.82, 2.24) is 5.32 Å². The second kappa shape index (κ2) is 8.23. The van der Waals surface area contributed by atoms with Crippen molar-refractivity contribution < 1.29 is 13.5 Å². The predicted molar refractivity (Wildman–Crippen MR) is 73.0 cm³/mol. The smallest absolute Gasteiger partial charge is 0.130 e. The average Bonchev–Trinajstić information content (AvgIpc) is 2.39. The lowest BCUT2D eigenvalue weighted by molar-refractivity contribution is 0.169. The lowest BCUT2D eigenvalue weighted by Crippen LogP contribution is -2.30. The Labute approximate surface area is 114 Å². The van der Waals surface area contributed by atoms with Gasteiger partial charge in [0.25, 0.3) is 0 Å². The van der Waals surface area contributed by atoms with Crippen LogP contribution in [0.3, 0.4) is 0 Å². The van der Waals surface area contributed by atoms with Crippen molar-refractivity contribution in [3.63, 3.8) is 0 Å². The normalized spacial score (nSPS) is 14.4.